The standard InChI is InChI=1S/C17H18ClN3O3S/c1-12(22)13-2-4-15(16(10-13)21(23)24)20-8-6-19(7-9-20)11-14-3-5-17(18)25-14/h2-5,10H,6-9,11H2,1H3. The predicted octanol–water partition coefficient (Wildman–Crippen LogP) is 3.83. The van der Waals surface area contributed by atoms with Gasteiger partial charge in [-0.25, -0.2) is 0 Å². The minimum atomic E-state index is -0.415. The summed E-state index contributed by atoms with van der Waals surface area (Å²) in [6.45, 7) is 5.31. The second-order valence-corrected chi connectivity index (χ2v) is 7.79. The number of hydrogen-bond acceptors (Lipinski definition) is 6. The van der Waals surface area contributed by atoms with Gasteiger partial charge in [-0.3, -0.25) is 19.8 Å². The molecule has 2 aromatic rings. The van der Waals surface area contributed by atoms with E-state index in [1.807, 2.05) is 17.0 Å². The third-order valence-electron chi connectivity index (χ3n) is 4.30. The number of carbonyl (C=O) groups is 1. The molecule has 2 heterocycles. The number of anilines is 1. The monoisotopic (exact) mass is 379 g/mol. The topological polar surface area (TPSA) is 66.7 Å². The van der Waals surface area contributed by atoms with Crippen molar-refractivity contribution in [2.75, 3.05) is 31.1 Å². The number of hydrogen-bond donors (Lipinski definition) is 0. The van der Waals surface area contributed by atoms with Crippen LogP contribution in [0.15, 0.2) is 30.3 Å². The van der Waals surface area contributed by atoms with Crippen molar-refractivity contribution in [1.29, 1.82) is 0 Å². The fraction of sp³-hybridized carbons (Fsp3) is 0.353. The van der Waals surface area contributed by atoms with Crippen molar-refractivity contribution in [1.82, 2.24) is 4.90 Å². The van der Waals surface area contributed by atoms with Crippen LogP contribution < -0.4 is 4.90 Å². The van der Waals surface area contributed by atoms with Gasteiger partial charge in [0.2, 0.25) is 0 Å². The number of rotatable bonds is 5. The molecule has 0 radical (unpaired) electrons. The minimum Gasteiger partial charge on any atom is -0.363 e. The molecular weight excluding hydrogens is 362 g/mol. The third-order valence-corrected chi connectivity index (χ3v) is 5.52. The molecule has 1 aromatic carbocycles. The van der Waals surface area contributed by atoms with Gasteiger partial charge < -0.3 is 4.90 Å². The van der Waals surface area contributed by atoms with Crippen LogP contribution in [0.4, 0.5) is 11.4 Å². The first kappa shape index (κ1) is 17.8. The Balaban J connectivity index is 1.70. The van der Waals surface area contributed by atoms with E-state index in [9.17, 15) is 14.9 Å². The summed E-state index contributed by atoms with van der Waals surface area (Å²) in [5.41, 5.74) is 0.934. The molecule has 6 nitrogen and oxygen atoms in total. The fourth-order valence-corrected chi connectivity index (χ4v) is 4.09. The van der Waals surface area contributed by atoms with Gasteiger partial charge in [0, 0.05) is 49.2 Å². The van der Waals surface area contributed by atoms with Gasteiger partial charge in [-0.2, -0.15) is 0 Å². The van der Waals surface area contributed by atoms with Gasteiger partial charge in [0.05, 0.1) is 9.26 Å². The second kappa shape index (κ2) is 7.51. The Kier molecular flexibility index (Phi) is 5.36. The number of nitro groups is 1. The minimum absolute atomic E-state index is 0.00816. The van der Waals surface area contributed by atoms with Gasteiger partial charge >= 0.3 is 0 Å². The first-order valence-corrected chi connectivity index (χ1v) is 9.14. The largest absolute Gasteiger partial charge is 0.363 e. The summed E-state index contributed by atoms with van der Waals surface area (Å²) in [5, 5.41) is 11.4. The smallest absolute Gasteiger partial charge is 0.293 e. The molecule has 1 aliphatic rings. The number of halogens is 1. The number of nitro benzene ring substituents is 1. The summed E-state index contributed by atoms with van der Waals surface area (Å²) in [4.78, 5) is 28.0. The van der Waals surface area contributed by atoms with Crippen LogP contribution in [0.25, 0.3) is 0 Å². The van der Waals surface area contributed by atoms with Crippen LogP contribution in [0.2, 0.25) is 4.34 Å². The van der Waals surface area contributed by atoms with Crippen molar-refractivity contribution in [2.45, 2.75) is 13.5 Å². The van der Waals surface area contributed by atoms with Crippen LogP contribution in [-0.2, 0) is 6.54 Å². The summed E-state index contributed by atoms with van der Waals surface area (Å²) in [6, 6.07) is 8.65. The number of thiophene rings is 1. The lowest BCUT2D eigenvalue weighted by atomic mass is 10.1. The first-order chi connectivity index (χ1) is 11.9. The number of piperazine rings is 1. The molecule has 0 atom stereocenters. The molecule has 8 heteroatoms. The molecule has 0 saturated carbocycles. The van der Waals surface area contributed by atoms with Crippen molar-refractivity contribution in [2.24, 2.45) is 0 Å². The van der Waals surface area contributed by atoms with Crippen LogP contribution >= 0.6 is 22.9 Å². The maximum atomic E-state index is 11.5. The number of carbonyl (C=O) groups excluding carboxylic acids is 1. The van der Waals surface area contributed by atoms with Crippen molar-refractivity contribution >= 4 is 40.1 Å². The zero-order valence-electron chi connectivity index (χ0n) is 13.8. The van der Waals surface area contributed by atoms with Crippen LogP contribution in [0.1, 0.15) is 22.2 Å². The van der Waals surface area contributed by atoms with E-state index in [4.69, 9.17) is 11.6 Å². The highest BCUT2D eigenvalue weighted by Crippen LogP contribution is 2.31. The van der Waals surface area contributed by atoms with Gasteiger partial charge in [0.15, 0.2) is 5.78 Å². The Morgan fingerprint density at radius 1 is 1.24 bits per heavy atom. The van der Waals surface area contributed by atoms with Crippen LogP contribution in [0.3, 0.4) is 0 Å². The van der Waals surface area contributed by atoms with Crippen LogP contribution in [0, 0.1) is 10.1 Å². The van der Waals surface area contributed by atoms with Crippen molar-refractivity contribution in [3.05, 3.63) is 55.2 Å². The van der Waals surface area contributed by atoms with E-state index in [0.717, 1.165) is 24.0 Å². The highest BCUT2D eigenvalue weighted by molar-refractivity contribution is 7.16. The number of ketones is 1. The Morgan fingerprint density at radius 3 is 2.52 bits per heavy atom. The molecule has 25 heavy (non-hydrogen) atoms. The quantitative estimate of drug-likeness (QED) is 0.448. The van der Waals surface area contributed by atoms with E-state index in [-0.39, 0.29) is 11.5 Å². The lowest BCUT2D eigenvalue weighted by molar-refractivity contribution is -0.384. The summed E-state index contributed by atoms with van der Waals surface area (Å²) >= 11 is 7.55. The average Bonchev–Trinajstić information content (AvgIpc) is 3.00. The highest BCUT2D eigenvalue weighted by Gasteiger charge is 2.24. The highest BCUT2D eigenvalue weighted by atomic mass is 35.5. The Labute approximate surface area is 154 Å². The maximum absolute atomic E-state index is 11.5. The van der Waals surface area contributed by atoms with E-state index < -0.39 is 4.92 Å². The molecule has 132 valence electrons. The molecule has 1 saturated heterocycles. The Bertz CT molecular complexity index is 800. The molecule has 0 bridgehead atoms. The van der Waals surface area contributed by atoms with Gasteiger partial charge in [-0.05, 0) is 31.2 Å². The predicted molar refractivity (Wildman–Crippen MR) is 99.9 cm³/mol. The van der Waals surface area contributed by atoms with E-state index in [0.29, 0.717) is 24.3 Å². The summed E-state index contributed by atoms with van der Waals surface area (Å²) in [6.07, 6.45) is 0. The fourth-order valence-electron chi connectivity index (χ4n) is 2.96. The van der Waals surface area contributed by atoms with Gasteiger partial charge in [0.25, 0.3) is 5.69 Å². The SMILES string of the molecule is CC(=O)c1ccc(N2CCN(Cc3ccc(Cl)s3)CC2)c([N+](=O)[O-])c1. The van der Waals surface area contributed by atoms with E-state index in [2.05, 4.69) is 4.90 Å². The average molecular weight is 380 g/mol. The maximum Gasteiger partial charge on any atom is 0.293 e. The Morgan fingerprint density at radius 2 is 1.96 bits per heavy atom. The molecule has 0 unspecified atom stereocenters. The third kappa shape index (κ3) is 4.18. The number of nitrogens with zero attached hydrogens (tertiary/aromatic N) is 3. The lowest BCUT2D eigenvalue weighted by Crippen LogP contribution is -2.46. The molecule has 0 aliphatic carbocycles. The molecular formula is C17H18ClN3O3S. The lowest BCUT2D eigenvalue weighted by Gasteiger charge is -2.35. The van der Waals surface area contributed by atoms with E-state index in [1.165, 1.54) is 17.9 Å². The summed E-state index contributed by atoms with van der Waals surface area (Å²) in [7, 11) is 0. The molecule has 3 rings (SSSR count). The zero-order valence-corrected chi connectivity index (χ0v) is 15.3. The molecule has 0 spiro atoms. The molecule has 0 N–H and O–H groups in total. The second-order valence-electron chi connectivity index (χ2n) is 5.99. The van der Waals surface area contributed by atoms with Crippen molar-refractivity contribution < 1.29 is 9.72 Å². The van der Waals surface area contributed by atoms with Gasteiger partial charge in [-0.15, -0.1) is 11.3 Å². The zero-order chi connectivity index (χ0) is 18.0. The molecule has 1 aliphatic heterocycles. The van der Waals surface area contributed by atoms with Crippen molar-refractivity contribution in [3.8, 4) is 0 Å². The number of Topliss-reactive ketones (excluding diaryl/α,β-unsaturated/α-hetero) is 1. The molecule has 1 fully saturated rings. The van der Waals surface area contributed by atoms with E-state index >= 15 is 0 Å². The summed E-state index contributed by atoms with van der Waals surface area (Å²) in [5.74, 6) is -0.172. The Hall–Kier alpha value is -1.96. The summed E-state index contributed by atoms with van der Waals surface area (Å²) < 4.78 is 0.787. The van der Waals surface area contributed by atoms with Gasteiger partial charge in [-0.1, -0.05) is 11.6 Å². The van der Waals surface area contributed by atoms with E-state index in [1.54, 1.807) is 23.5 Å². The van der Waals surface area contributed by atoms with Gasteiger partial charge in [0.1, 0.15) is 5.69 Å². The van der Waals surface area contributed by atoms with Crippen LogP contribution in [-0.4, -0.2) is 41.8 Å². The molecule has 1 aromatic heterocycles. The van der Waals surface area contributed by atoms with Crippen molar-refractivity contribution in [3.63, 3.8) is 0 Å². The first-order valence-electron chi connectivity index (χ1n) is 7.95. The molecule has 0 amide bonds. The number of benzene rings is 1. The van der Waals surface area contributed by atoms with Crippen LogP contribution in [0.5, 0.6) is 0 Å². The normalized spacial score (nSPS) is 15.4.